The highest BCUT2D eigenvalue weighted by Crippen LogP contribution is 2.41. The van der Waals surface area contributed by atoms with Gasteiger partial charge in [-0.25, -0.2) is 4.39 Å². The van der Waals surface area contributed by atoms with Gasteiger partial charge in [0.05, 0.1) is 6.04 Å². The molecular weight excluding hydrogens is 585 g/mol. The number of hydrogen-bond donors (Lipinski definition) is 3. The number of carbonyl (C=O) groups excluding carboxylic acids is 1. The number of nitrogens with one attached hydrogen (secondary N) is 1. The summed E-state index contributed by atoms with van der Waals surface area (Å²) >= 11 is 0. The summed E-state index contributed by atoms with van der Waals surface area (Å²) in [6, 6.07) is 7.88. The van der Waals surface area contributed by atoms with Gasteiger partial charge < -0.3 is 15.7 Å². The summed E-state index contributed by atoms with van der Waals surface area (Å²) in [6.45, 7) is 7.26. The number of benzene rings is 2. The lowest BCUT2D eigenvalue weighted by atomic mass is 9.84. The highest BCUT2D eigenvalue weighted by Gasteiger charge is 2.49. The second-order valence-corrected chi connectivity index (χ2v) is 15.3. The second kappa shape index (κ2) is 10.5. The summed E-state index contributed by atoms with van der Waals surface area (Å²) in [7, 11) is -8.26. The Labute approximate surface area is 245 Å². The average Bonchev–Trinajstić information content (AvgIpc) is 3.52. The Balaban J connectivity index is 1.50. The van der Waals surface area contributed by atoms with Crippen molar-refractivity contribution in [2.24, 2.45) is 15.5 Å². The standard InChI is InChI=1S/C28H34FN5O6S2/c1-16-12-17(8-9-21(16)29)14-34-26(28(2,3)4)24(35)22(27(34)36)23-20-7-5-6-18(25(20)41(37,38)32-23)13-31-42(39,40)33-11-10-19(30)15-33/h5-9,12,19,26,31,35H,10-11,13-15,30H2,1-4H3/t19?,26-/m1/s1. The molecule has 2 aromatic rings. The molecule has 226 valence electrons. The molecule has 2 aromatic carbocycles. The summed E-state index contributed by atoms with van der Waals surface area (Å²) in [5, 5.41) is 11.5. The smallest absolute Gasteiger partial charge is 0.283 e. The monoisotopic (exact) mass is 619 g/mol. The van der Waals surface area contributed by atoms with E-state index in [2.05, 4.69) is 9.12 Å². The van der Waals surface area contributed by atoms with Gasteiger partial charge in [0.2, 0.25) is 0 Å². The Bertz CT molecular complexity index is 1750. The van der Waals surface area contributed by atoms with Crippen LogP contribution in [0.1, 0.15) is 49.4 Å². The molecule has 3 aliphatic heterocycles. The van der Waals surface area contributed by atoms with Crippen molar-refractivity contribution in [3.63, 3.8) is 0 Å². The fourth-order valence-corrected chi connectivity index (χ4v) is 8.45. The van der Waals surface area contributed by atoms with Crippen LogP contribution >= 0.6 is 0 Å². The molecule has 11 nitrogen and oxygen atoms in total. The lowest BCUT2D eigenvalue weighted by molar-refractivity contribution is -0.129. The molecule has 0 aromatic heterocycles. The van der Waals surface area contributed by atoms with Gasteiger partial charge in [0.25, 0.3) is 26.1 Å². The van der Waals surface area contributed by atoms with Gasteiger partial charge in [-0.2, -0.15) is 30.3 Å². The predicted octanol–water partition coefficient (Wildman–Crippen LogP) is 2.26. The minimum absolute atomic E-state index is 0.0459. The number of nitrogens with two attached hydrogens (primary N) is 1. The number of halogens is 1. The maximum atomic E-state index is 13.9. The van der Waals surface area contributed by atoms with E-state index < -0.39 is 37.6 Å². The molecule has 1 fully saturated rings. The van der Waals surface area contributed by atoms with Crippen LogP contribution in [-0.2, 0) is 38.1 Å². The fraction of sp³-hybridized carbons (Fsp3) is 0.429. The minimum atomic E-state index is -4.34. The first kappa shape index (κ1) is 30.3. The van der Waals surface area contributed by atoms with Crippen molar-refractivity contribution in [1.29, 1.82) is 0 Å². The van der Waals surface area contributed by atoms with Crippen molar-refractivity contribution in [2.45, 2.75) is 64.2 Å². The van der Waals surface area contributed by atoms with Gasteiger partial charge in [0, 0.05) is 37.8 Å². The first-order valence-corrected chi connectivity index (χ1v) is 16.4. The molecule has 0 aliphatic carbocycles. The van der Waals surface area contributed by atoms with Crippen LogP contribution in [0.4, 0.5) is 4.39 Å². The van der Waals surface area contributed by atoms with Crippen LogP contribution in [0.2, 0.25) is 0 Å². The zero-order valence-corrected chi connectivity index (χ0v) is 25.4. The van der Waals surface area contributed by atoms with Crippen LogP contribution < -0.4 is 10.5 Å². The number of aryl methyl sites for hydroxylation is 1. The molecule has 0 bridgehead atoms. The number of nitrogens with zero attached hydrogens (tertiary/aromatic N) is 3. The third kappa shape index (κ3) is 5.37. The van der Waals surface area contributed by atoms with Crippen molar-refractivity contribution in [2.75, 3.05) is 13.1 Å². The van der Waals surface area contributed by atoms with E-state index in [1.807, 2.05) is 20.8 Å². The number of rotatable bonds is 7. The molecule has 42 heavy (non-hydrogen) atoms. The quantitative estimate of drug-likeness (QED) is 0.428. The summed E-state index contributed by atoms with van der Waals surface area (Å²) in [6.07, 6.45) is 0.521. The SMILES string of the molecule is Cc1cc(CN2C(=O)C(C3=NS(=O)(=O)c4c(CNS(=O)(=O)N5CCC(N)C5)cccc43)=C(O)[C@@H]2C(C)(C)C)ccc1F. The molecule has 0 saturated carbocycles. The maximum Gasteiger partial charge on any atom is 0.283 e. The molecule has 1 saturated heterocycles. The lowest BCUT2D eigenvalue weighted by Gasteiger charge is -2.35. The zero-order valence-electron chi connectivity index (χ0n) is 23.8. The van der Waals surface area contributed by atoms with Crippen molar-refractivity contribution in [1.82, 2.24) is 13.9 Å². The lowest BCUT2D eigenvalue weighted by Crippen LogP contribution is -2.43. The molecule has 3 aliphatic rings. The first-order chi connectivity index (χ1) is 19.5. The molecule has 2 atom stereocenters. The van der Waals surface area contributed by atoms with Gasteiger partial charge in [0.15, 0.2) is 0 Å². The van der Waals surface area contributed by atoms with Gasteiger partial charge in [-0.3, -0.25) is 4.79 Å². The van der Waals surface area contributed by atoms with E-state index in [4.69, 9.17) is 5.73 Å². The van der Waals surface area contributed by atoms with E-state index in [1.165, 1.54) is 27.4 Å². The summed E-state index contributed by atoms with van der Waals surface area (Å²) < 4.78 is 73.7. The van der Waals surface area contributed by atoms with E-state index >= 15 is 0 Å². The Hall–Kier alpha value is -3.17. The van der Waals surface area contributed by atoms with Crippen LogP contribution in [0.5, 0.6) is 0 Å². The van der Waals surface area contributed by atoms with Gasteiger partial charge >= 0.3 is 0 Å². The number of amides is 1. The predicted molar refractivity (Wildman–Crippen MR) is 155 cm³/mol. The summed E-state index contributed by atoms with van der Waals surface area (Å²) in [5.41, 5.74) is 6.03. The molecule has 0 radical (unpaired) electrons. The van der Waals surface area contributed by atoms with Gasteiger partial charge in [-0.15, -0.1) is 0 Å². The molecule has 5 rings (SSSR count). The molecule has 14 heteroatoms. The fourth-order valence-electron chi connectivity index (χ4n) is 5.76. The van der Waals surface area contributed by atoms with E-state index in [9.17, 15) is 31.1 Å². The maximum absolute atomic E-state index is 13.9. The topological polar surface area (TPSA) is 162 Å². The summed E-state index contributed by atoms with van der Waals surface area (Å²) in [5.74, 6) is -1.32. The number of hydrogen-bond acceptors (Lipinski definition) is 7. The third-order valence-corrected chi connectivity index (χ3v) is 10.7. The molecule has 3 heterocycles. The highest BCUT2D eigenvalue weighted by atomic mass is 32.2. The third-order valence-electron chi connectivity index (χ3n) is 7.73. The van der Waals surface area contributed by atoms with Crippen LogP contribution in [0.3, 0.4) is 0 Å². The molecule has 1 amide bonds. The van der Waals surface area contributed by atoms with Crippen molar-refractivity contribution >= 4 is 31.9 Å². The number of aliphatic hydroxyl groups is 1. The number of aliphatic hydroxyl groups excluding tert-OH is 1. The minimum Gasteiger partial charge on any atom is -0.509 e. The molecule has 1 unspecified atom stereocenters. The number of sulfonamides is 1. The second-order valence-electron chi connectivity index (χ2n) is 12.0. The van der Waals surface area contributed by atoms with Crippen LogP contribution in [-0.4, -0.2) is 67.9 Å². The summed E-state index contributed by atoms with van der Waals surface area (Å²) in [4.78, 5) is 15.1. The normalized spacial score (nSPS) is 22.7. The Morgan fingerprint density at radius 2 is 1.93 bits per heavy atom. The highest BCUT2D eigenvalue weighted by molar-refractivity contribution is 7.91. The first-order valence-electron chi connectivity index (χ1n) is 13.5. The van der Waals surface area contributed by atoms with E-state index in [0.29, 0.717) is 17.5 Å². The van der Waals surface area contributed by atoms with Crippen LogP contribution in [0.15, 0.2) is 57.0 Å². The van der Waals surface area contributed by atoms with E-state index in [1.54, 1.807) is 25.1 Å². The molecular formula is C28H34FN5O6S2. The van der Waals surface area contributed by atoms with Gasteiger partial charge in [0.1, 0.15) is 27.8 Å². The number of carbonyl (C=O) groups is 1. The van der Waals surface area contributed by atoms with Crippen molar-refractivity contribution < 1.29 is 31.1 Å². The Kier molecular flexibility index (Phi) is 7.59. The molecule has 4 N–H and O–H groups in total. The van der Waals surface area contributed by atoms with E-state index in [0.717, 1.165) is 0 Å². The van der Waals surface area contributed by atoms with Gasteiger partial charge in [-0.1, -0.05) is 51.1 Å². The van der Waals surface area contributed by atoms with Crippen molar-refractivity contribution in [3.05, 3.63) is 75.8 Å². The van der Waals surface area contributed by atoms with Crippen LogP contribution in [0.25, 0.3) is 0 Å². The Morgan fingerprint density at radius 1 is 1.21 bits per heavy atom. The number of fused-ring (bicyclic) bond motifs is 1. The zero-order chi connectivity index (χ0) is 30.8. The van der Waals surface area contributed by atoms with Gasteiger partial charge in [-0.05, 0) is 41.5 Å². The Morgan fingerprint density at radius 3 is 2.55 bits per heavy atom. The van der Waals surface area contributed by atoms with Crippen molar-refractivity contribution in [3.8, 4) is 0 Å². The van der Waals surface area contributed by atoms with Crippen LogP contribution in [0, 0.1) is 18.2 Å². The average molecular weight is 620 g/mol. The molecule has 0 spiro atoms. The largest absolute Gasteiger partial charge is 0.509 e. The van der Waals surface area contributed by atoms with E-state index in [-0.39, 0.29) is 71.1 Å².